The Morgan fingerprint density at radius 2 is 2.03 bits per heavy atom. The molecule has 2 aliphatic heterocycles. The number of H-pyrrole nitrogens is 1. The van der Waals surface area contributed by atoms with Crippen LogP contribution in [0.25, 0.3) is 22.4 Å². The zero-order valence-corrected chi connectivity index (χ0v) is 19.7. The number of hydrogen-bond acceptors (Lipinski definition) is 9. The normalized spacial score (nSPS) is 15.7. The number of nitrogen functional groups attached to an aromatic ring is 1. The van der Waals surface area contributed by atoms with E-state index in [0.29, 0.717) is 34.4 Å². The Kier molecular flexibility index (Phi) is 5.64. The highest BCUT2D eigenvalue weighted by atomic mass is 32.2. The van der Waals surface area contributed by atoms with Gasteiger partial charge in [-0.1, -0.05) is 11.8 Å². The third-order valence-corrected chi connectivity index (χ3v) is 7.60. The second-order valence-electron chi connectivity index (χ2n) is 8.62. The largest absolute Gasteiger partial charge is 0.454 e. The molecule has 4 aromatic rings. The second kappa shape index (κ2) is 9.10. The number of aromatic amines is 1. The standard InChI is InChI=1S/C23H24N8O3S/c24-21-20-22(26-11-25-21)31(8-4-14-2-6-30(12-32)7-3-14)23(28-20)35-19-10-18-17(33-13-34-18)9-15(19)16-1-5-27-29-16/h1,5,9-12,14H,2-4,6-8,13H2,(H,27,29)(H2,24,25,26). The first-order valence-corrected chi connectivity index (χ1v) is 12.3. The molecular formula is C23H24N8O3S. The van der Waals surface area contributed by atoms with Crippen molar-refractivity contribution in [3.8, 4) is 22.8 Å². The van der Waals surface area contributed by atoms with Gasteiger partial charge in [-0.3, -0.25) is 9.89 Å². The number of ether oxygens (including phenoxy) is 2. The van der Waals surface area contributed by atoms with Gasteiger partial charge in [0.05, 0.1) is 5.69 Å². The molecule has 0 atom stereocenters. The van der Waals surface area contributed by atoms with Gasteiger partial charge in [0.15, 0.2) is 33.6 Å². The van der Waals surface area contributed by atoms with Crippen LogP contribution in [0, 0.1) is 5.92 Å². The Morgan fingerprint density at radius 3 is 2.80 bits per heavy atom. The average Bonchev–Trinajstić information content (AvgIpc) is 3.63. The van der Waals surface area contributed by atoms with E-state index >= 15 is 0 Å². The third-order valence-electron chi connectivity index (χ3n) is 6.55. The van der Waals surface area contributed by atoms with Crippen molar-refractivity contribution in [2.45, 2.75) is 35.9 Å². The minimum atomic E-state index is 0.194. The molecule has 1 saturated heterocycles. The molecule has 12 heteroatoms. The molecule has 6 rings (SSSR count). The Bertz CT molecular complexity index is 1370. The maximum atomic E-state index is 11.1. The summed E-state index contributed by atoms with van der Waals surface area (Å²) >= 11 is 1.52. The number of amides is 1. The van der Waals surface area contributed by atoms with E-state index in [1.165, 1.54) is 18.1 Å². The molecule has 0 spiro atoms. The number of likely N-dealkylation sites (tertiary alicyclic amines) is 1. The van der Waals surface area contributed by atoms with Crippen LogP contribution in [0.15, 0.2) is 40.8 Å². The first-order chi connectivity index (χ1) is 17.2. The highest BCUT2D eigenvalue weighted by Gasteiger charge is 2.24. The number of carbonyl (C=O) groups excluding carboxylic acids is 1. The summed E-state index contributed by atoms with van der Waals surface area (Å²) in [7, 11) is 0. The van der Waals surface area contributed by atoms with E-state index in [-0.39, 0.29) is 6.79 Å². The van der Waals surface area contributed by atoms with E-state index in [9.17, 15) is 4.79 Å². The zero-order chi connectivity index (χ0) is 23.8. The summed E-state index contributed by atoms with van der Waals surface area (Å²) in [6.45, 7) is 2.55. The minimum Gasteiger partial charge on any atom is -0.454 e. The molecule has 0 bridgehead atoms. The van der Waals surface area contributed by atoms with Crippen molar-refractivity contribution < 1.29 is 14.3 Å². The molecule has 3 N–H and O–H groups in total. The number of nitrogens with zero attached hydrogens (tertiary/aromatic N) is 6. The highest BCUT2D eigenvalue weighted by Crippen LogP contribution is 2.44. The Morgan fingerprint density at radius 1 is 1.20 bits per heavy atom. The number of rotatable bonds is 7. The zero-order valence-electron chi connectivity index (χ0n) is 18.9. The van der Waals surface area contributed by atoms with Crippen molar-refractivity contribution in [2.75, 3.05) is 25.6 Å². The maximum Gasteiger partial charge on any atom is 0.231 e. The predicted octanol–water partition coefficient (Wildman–Crippen LogP) is 2.94. The van der Waals surface area contributed by atoms with Gasteiger partial charge in [-0.05, 0) is 43.4 Å². The molecule has 0 unspecified atom stereocenters. The monoisotopic (exact) mass is 492 g/mol. The van der Waals surface area contributed by atoms with Gasteiger partial charge >= 0.3 is 0 Å². The predicted molar refractivity (Wildman–Crippen MR) is 129 cm³/mol. The molecule has 180 valence electrons. The molecular weight excluding hydrogens is 468 g/mol. The fourth-order valence-electron chi connectivity index (χ4n) is 4.59. The van der Waals surface area contributed by atoms with E-state index in [0.717, 1.165) is 66.6 Å². The first kappa shape index (κ1) is 21.7. The van der Waals surface area contributed by atoms with E-state index in [1.54, 1.807) is 6.20 Å². The number of aryl methyl sites for hydroxylation is 1. The van der Waals surface area contributed by atoms with Crippen LogP contribution < -0.4 is 15.2 Å². The van der Waals surface area contributed by atoms with Crippen LogP contribution in [-0.4, -0.2) is 60.9 Å². The lowest BCUT2D eigenvalue weighted by molar-refractivity contribution is -0.119. The second-order valence-corrected chi connectivity index (χ2v) is 9.63. The van der Waals surface area contributed by atoms with Crippen LogP contribution in [-0.2, 0) is 11.3 Å². The van der Waals surface area contributed by atoms with E-state index < -0.39 is 0 Å². The fourth-order valence-corrected chi connectivity index (χ4v) is 5.66. The number of piperidine rings is 1. The molecule has 0 aliphatic carbocycles. The fraction of sp³-hybridized carbons (Fsp3) is 0.348. The van der Waals surface area contributed by atoms with Crippen molar-refractivity contribution >= 4 is 35.2 Å². The molecule has 0 radical (unpaired) electrons. The lowest BCUT2D eigenvalue weighted by Gasteiger charge is -2.29. The molecule has 1 fully saturated rings. The van der Waals surface area contributed by atoms with E-state index in [1.807, 2.05) is 23.1 Å². The molecule has 11 nitrogen and oxygen atoms in total. The van der Waals surface area contributed by atoms with Gasteiger partial charge < -0.3 is 24.7 Å². The number of benzene rings is 1. The Hall–Kier alpha value is -3.80. The molecule has 5 heterocycles. The lowest BCUT2D eigenvalue weighted by Crippen LogP contribution is -2.32. The number of fused-ring (bicyclic) bond motifs is 2. The number of carbonyl (C=O) groups is 1. The lowest BCUT2D eigenvalue weighted by atomic mass is 9.94. The van der Waals surface area contributed by atoms with Crippen molar-refractivity contribution in [1.82, 2.24) is 34.6 Å². The number of nitrogens with two attached hydrogens (primary N) is 1. The van der Waals surface area contributed by atoms with Crippen LogP contribution >= 0.6 is 11.8 Å². The van der Waals surface area contributed by atoms with Crippen LogP contribution in [0.4, 0.5) is 5.82 Å². The summed E-state index contributed by atoms with van der Waals surface area (Å²) in [6, 6.07) is 5.84. The molecule has 35 heavy (non-hydrogen) atoms. The summed E-state index contributed by atoms with van der Waals surface area (Å²) in [5.41, 5.74) is 9.28. The van der Waals surface area contributed by atoms with E-state index in [2.05, 4.69) is 24.7 Å². The third kappa shape index (κ3) is 4.14. The first-order valence-electron chi connectivity index (χ1n) is 11.5. The van der Waals surface area contributed by atoms with Crippen LogP contribution in [0.2, 0.25) is 0 Å². The molecule has 2 aliphatic rings. The van der Waals surface area contributed by atoms with E-state index in [4.69, 9.17) is 20.2 Å². The summed E-state index contributed by atoms with van der Waals surface area (Å²) in [4.78, 5) is 27.3. The Labute approximate surface area is 205 Å². The SMILES string of the molecule is Nc1ncnc2c1nc(Sc1cc3c(cc1-c1ccn[nH]1)OCO3)n2CCC1CCN(C=O)CC1. The van der Waals surface area contributed by atoms with Crippen molar-refractivity contribution in [1.29, 1.82) is 0 Å². The van der Waals surface area contributed by atoms with Crippen LogP contribution in [0.5, 0.6) is 11.5 Å². The van der Waals surface area contributed by atoms with Crippen molar-refractivity contribution in [2.24, 2.45) is 5.92 Å². The van der Waals surface area contributed by atoms with Crippen LogP contribution in [0.3, 0.4) is 0 Å². The Balaban J connectivity index is 1.35. The summed E-state index contributed by atoms with van der Waals surface area (Å²) in [6.07, 6.45) is 7.09. The topological polar surface area (TPSA) is 137 Å². The molecule has 1 amide bonds. The number of nitrogens with one attached hydrogen (secondary N) is 1. The number of imidazole rings is 1. The van der Waals surface area contributed by atoms with Gasteiger partial charge in [0, 0.05) is 36.3 Å². The van der Waals surface area contributed by atoms with Gasteiger partial charge in [-0.2, -0.15) is 5.10 Å². The van der Waals surface area contributed by atoms with Gasteiger partial charge in [-0.25, -0.2) is 15.0 Å². The van der Waals surface area contributed by atoms with Crippen molar-refractivity contribution in [3.05, 3.63) is 30.7 Å². The summed E-state index contributed by atoms with van der Waals surface area (Å²) < 4.78 is 13.4. The van der Waals surface area contributed by atoms with Gasteiger partial charge in [0.2, 0.25) is 13.2 Å². The maximum absolute atomic E-state index is 11.1. The summed E-state index contributed by atoms with van der Waals surface area (Å²) in [5.74, 6) is 2.28. The quantitative estimate of drug-likeness (QED) is 0.373. The average molecular weight is 493 g/mol. The highest BCUT2D eigenvalue weighted by molar-refractivity contribution is 7.99. The summed E-state index contributed by atoms with van der Waals surface area (Å²) in [5, 5.41) is 7.92. The van der Waals surface area contributed by atoms with Crippen molar-refractivity contribution in [3.63, 3.8) is 0 Å². The number of aromatic nitrogens is 6. The number of anilines is 1. The molecule has 3 aromatic heterocycles. The van der Waals surface area contributed by atoms with Gasteiger partial charge in [0.1, 0.15) is 6.33 Å². The molecule has 0 saturated carbocycles. The van der Waals surface area contributed by atoms with Crippen LogP contribution in [0.1, 0.15) is 19.3 Å². The number of hydrogen-bond donors (Lipinski definition) is 2. The smallest absolute Gasteiger partial charge is 0.231 e. The van der Waals surface area contributed by atoms with Gasteiger partial charge in [0.25, 0.3) is 0 Å². The molecule has 1 aromatic carbocycles. The minimum absolute atomic E-state index is 0.194. The van der Waals surface area contributed by atoms with Gasteiger partial charge in [-0.15, -0.1) is 0 Å².